The summed E-state index contributed by atoms with van der Waals surface area (Å²) in [4.78, 5) is 0.232. The van der Waals surface area contributed by atoms with E-state index in [4.69, 9.17) is 4.18 Å². The van der Waals surface area contributed by atoms with Crippen molar-refractivity contribution in [1.82, 2.24) is 0 Å². The van der Waals surface area contributed by atoms with Crippen LogP contribution in [0.25, 0.3) is 0 Å². The topological polar surface area (TPSA) is 43.4 Å². The Hall–Kier alpha value is -0.273. The third-order valence-electron chi connectivity index (χ3n) is 2.77. The Morgan fingerprint density at radius 3 is 2.16 bits per heavy atom. The van der Waals surface area contributed by atoms with Crippen LogP contribution in [0, 0.1) is 0 Å². The molecule has 0 aliphatic rings. The summed E-state index contributed by atoms with van der Waals surface area (Å²) in [5.74, 6) is 0. The van der Waals surface area contributed by atoms with Crippen molar-refractivity contribution in [1.29, 1.82) is 0 Å². The summed E-state index contributed by atoms with van der Waals surface area (Å²) in [5.41, 5.74) is 0. The van der Waals surface area contributed by atoms with E-state index >= 15 is 0 Å². The monoisotopic (exact) mass is 277 g/mol. The van der Waals surface area contributed by atoms with Gasteiger partial charge >= 0.3 is 0 Å². The summed E-state index contributed by atoms with van der Waals surface area (Å²) in [5, 5.41) is 0. The van der Waals surface area contributed by atoms with Gasteiger partial charge in [0.05, 0.1) is 11.5 Å². The molecular weight excluding hydrogens is 255 g/mol. The predicted molar refractivity (Wildman–Crippen MR) is 78.7 cm³/mol. The molecule has 0 amide bonds. The largest absolute Gasteiger partial charge is 0.296 e. The molecule has 103 valence electrons. The first-order chi connectivity index (χ1) is 8.67. The molecule has 1 radical (unpaired) electrons. The van der Waals surface area contributed by atoms with Crippen LogP contribution in [0.4, 0.5) is 0 Å². The number of hydrogen-bond donors (Lipinski definition) is 0. The van der Waals surface area contributed by atoms with Crippen molar-refractivity contribution in [2.45, 2.75) is 50.3 Å². The minimum Gasteiger partial charge on any atom is -0.266 e. The van der Waals surface area contributed by atoms with Gasteiger partial charge in [-0.05, 0) is 18.6 Å². The SMILES string of the molecule is CCCCCCCCOS(=O)(=O)c1ccccc1.[Li]. The molecule has 3 nitrogen and oxygen atoms in total. The van der Waals surface area contributed by atoms with Crippen LogP contribution in [-0.4, -0.2) is 33.9 Å². The smallest absolute Gasteiger partial charge is 0.266 e. The molecule has 0 saturated heterocycles. The van der Waals surface area contributed by atoms with Gasteiger partial charge in [-0.2, -0.15) is 8.42 Å². The number of rotatable bonds is 9. The van der Waals surface area contributed by atoms with Gasteiger partial charge in [-0.3, -0.25) is 4.18 Å². The molecule has 5 heteroatoms. The molecule has 0 spiro atoms. The molecule has 0 N–H and O–H groups in total. The molecule has 1 aromatic carbocycles. The van der Waals surface area contributed by atoms with Crippen molar-refractivity contribution in [2.75, 3.05) is 6.61 Å². The van der Waals surface area contributed by atoms with Gasteiger partial charge in [0.1, 0.15) is 0 Å². The summed E-state index contributed by atoms with van der Waals surface area (Å²) >= 11 is 0. The Labute approximate surface area is 129 Å². The molecule has 0 aliphatic heterocycles. The third kappa shape index (κ3) is 7.79. The van der Waals surface area contributed by atoms with Crippen LogP contribution in [0.2, 0.25) is 0 Å². The van der Waals surface area contributed by atoms with E-state index in [0.29, 0.717) is 0 Å². The quantitative estimate of drug-likeness (QED) is 0.395. The fourth-order valence-electron chi connectivity index (χ4n) is 1.71. The van der Waals surface area contributed by atoms with E-state index in [0.717, 1.165) is 19.3 Å². The van der Waals surface area contributed by atoms with Gasteiger partial charge in [-0.15, -0.1) is 0 Å². The minimum atomic E-state index is -3.56. The van der Waals surface area contributed by atoms with Gasteiger partial charge in [0.15, 0.2) is 0 Å². The van der Waals surface area contributed by atoms with Gasteiger partial charge in [0, 0.05) is 18.9 Å². The molecule has 1 rings (SSSR count). The molecule has 0 heterocycles. The Balaban J connectivity index is 0.00000324. The standard InChI is InChI=1S/C14H22O3S.Li/c1-2-3-4-5-6-10-13-17-18(15,16)14-11-8-7-9-12-14;/h7-9,11-12H,2-6,10,13H2,1H3;. The fraction of sp³-hybridized carbons (Fsp3) is 0.571. The van der Waals surface area contributed by atoms with Gasteiger partial charge in [-0.1, -0.05) is 57.2 Å². The maximum absolute atomic E-state index is 11.7. The third-order valence-corrected chi connectivity index (χ3v) is 4.09. The second-order valence-corrected chi connectivity index (χ2v) is 5.97. The Kier molecular flexibility index (Phi) is 10.4. The van der Waals surface area contributed by atoms with Gasteiger partial charge in [-0.25, -0.2) is 0 Å². The van der Waals surface area contributed by atoms with Crippen LogP contribution >= 0.6 is 0 Å². The molecule has 0 bridgehead atoms. The normalized spacial score (nSPS) is 11.0. The van der Waals surface area contributed by atoms with Crippen LogP contribution in [0.5, 0.6) is 0 Å². The zero-order valence-corrected chi connectivity index (χ0v) is 12.8. The van der Waals surface area contributed by atoms with Crippen molar-refractivity contribution in [2.24, 2.45) is 0 Å². The van der Waals surface area contributed by atoms with Crippen molar-refractivity contribution in [3.05, 3.63) is 30.3 Å². The maximum Gasteiger partial charge on any atom is 0.296 e. The molecule has 0 atom stereocenters. The first-order valence-corrected chi connectivity index (χ1v) is 8.02. The Bertz CT molecular complexity index is 418. The molecule has 0 aliphatic carbocycles. The first kappa shape index (κ1) is 18.7. The van der Waals surface area contributed by atoms with E-state index in [9.17, 15) is 8.42 Å². The second kappa shape index (κ2) is 10.5. The van der Waals surface area contributed by atoms with Crippen LogP contribution in [0.3, 0.4) is 0 Å². The molecule has 1 aromatic rings. The van der Waals surface area contributed by atoms with Gasteiger partial charge in [0.2, 0.25) is 0 Å². The van der Waals surface area contributed by atoms with Crippen LogP contribution < -0.4 is 0 Å². The van der Waals surface area contributed by atoms with Gasteiger partial charge < -0.3 is 0 Å². The number of unbranched alkanes of at least 4 members (excludes halogenated alkanes) is 5. The van der Waals surface area contributed by atoms with Crippen LogP contribution in [0.1, 0.15) is 45.4 Å². The Morgan fingerprint density at radius 1 is 0.947 bits per heavy atom. The molecule has 19 heavy (non-hydrogen) atoms. The summed E-state index contributed by atoms with van der Waals surface area (Å²) in [6.07, 6.45) is 6.69. The predicted octanol–water partition coefficient (Wildman–Crippen LogP) is 3.37. The van der Waals surface area contributed by atoms with E-state index in [1.807, 2.05) is 0 Å². The zero-order chi connectivity index (χ0) is 13.3. The number of benzene rings is 1. The van der Waals surface area contributed by atoms with Crippen molar-refractivity contribution in [3.63, 3.8) is 0 Å². The van der Waals surface area contributed by atoms with E-state index in [1.54, 1.807) is 30.3 Å². The summed E-state index contributed by atoms with van der Waals surface area (Å²) in [7, 11) is -3.56. The average Bonchev–Trinajstić information content (AvgIpc) is 2.39. The zero-order valence-electron chi connectivity index (χ0n) is 12.0. The second-order valence-electron chi connectivity index (χ2n) is 4.36. The van der Waals surface area contributed by atoms with E-state index < -0.39 is 10.1 Å². The molecular formula is C14H22LiO3S. The average molecular weight is 277 g/mol. The van der Waals surface area contributed by atoms with Crippen molar-refractivity contribution < 1.29 is 12.6 Å². The first-order valence-electron chi connectivity index (χ1n) is 6.61. The van der Waals surface area contributed by atoms with Gasteiger partial charge in [0.25, 0.3) is 10.1 Å². The summed E-state index contributed by atoms with van der Waals surface area (Å²) in [6, 6.07) is 8.28. The minimum absolute atomic E-state index is 0. The maximum atomic E-state index is 11.7. The van der Waals surface area contributed by atoms with E-state index in [1.165, 1.54) is 19.3 Å². The van der Waals surface area contributed by atoms with Crippen molar-refractivity contribution >= 4 is 29.0 Å². The summed E-state index contributed by atoms with van der Waals surface area (Å²) in [6.45, 7) is 2.46. The van der Waals surface area contributed by atoms with E-state index in [2.05, 4.69) is 6.92 Å². The summed E-state index contributed by atoms with van der Waals surface area (Å²) < 4.78 is 28.5. The van der Waals surface area contributed by atoms with Crippen LogP contribution in [-0.2, 0) is 14.3 Å². The Morgan fingerprint density at radius 2 is 1.53 bits per heavy atom. The molecule has 0 saturated carbocycles. The van der Waals surface area contributed by atoms with E-state index in [-0.39, 0.29) is 30.4 Å². The molecule has 0 fully saturated rings. The van der Waals surface area contributed by atoms with Crippen LogP contribution in [0.15, 0.2) is 35.2 Å². The molecule has 0 aromatic heterocycles. The van der Waals surface area contributed by atoms with Crippen molar-refractivity contribution in [3.8, 4) is 0 Å². The fourth-order valence-corrected chi connectivity index (χ4v) is 2.67. The molecule has 0 unspecified atom stereocenters. The number of hydrogen-bond acceptors (Lipinski definition) is 3.